The number of hydrogen-bond acceptors (Lipinski definition) is 5. The van der Waals surface area contributed by atoms with Crippen LogP contribution in [0.15, 0.2) is 60.7 Å². The number of fused-ring (bicyclic) bond motifs is 6. The van der Waals surface area contributed by atoms with Crippen molar-refractivity contribution in [1.82, 2.24) is 0 Å². The van der Waals surface area contributed by atoms with E-state index in [2.05, 4.69) is 0 Å². The van der Waals surface area contributed by atoms with E-state index in [1.54, 1.807) is 6.07 Å². The Hall–Kier alpha value is -2.74. The number of rotatable bonds is 4. The Morgan fingerprint density at radius 1 is 0.931 bits per heavy atom. The van der Waals surface area contributed by atoms with Crippen molar-refractivity contribution in [1.29, 1.82) is 0 Å². The number of carbonyl (C=O) groups is 1. The summed E-state index contributed by atoms with van der Waals surface area (Å²) in [7, 11) is 0. The first-order chi connectivity index (χ1) is 14.2. The summed E-state index contributed by atoms with van der Waals surface area (Å²) in [5.41, 5.74) is 1.90. The average Bonchev–Trinajstić information content (AvgIpc) is 3.02. The van der Waals surface area contributed by atoms with Gasteiger partial charge in [-0.05, 0) is 0 Å². The molecular formula is C23H18IO5-. The Morgan fingerprint density at radius 2 is 1.62 bits per heavy atom. The molecule has 0 saturated carbocycles. The molecule has 3 aromatic rings. The standard InChI is InChI=1S/C23H18IO5/c1-3-26-14-8-10-18-20(12-14)27-21-13-15(29-24-2)9-11-19(21)23(18)17-7-5-4-6-16(17)22(25)28-23/h4-13H,3H2,1-2H3/q-1. The number of esters is 1. The molecule has 2 aliphatic heterocycles. The average molecular weight is 501 g/mol. The van der Waals surface area contributed by atoms with Gasteiger partial charge in [-0.1, -0.05) is 0 Å². The minimum absolute atomic E-state index is 0.340. The van der Waals surface area contributed by atoms with Gasteiger partial charge in [0.25, 0.3) is 0 Å². The summed E-state index contributed by atoms with van der Waals surface area (Å²) in [5.74, 6) is 2.33. The zero-order chi connectivity index (χ0) is 20.0. The number of ether oxygens (including phenoxy) is 3. The van der Waals surface area contributed by atoms with Crippen LogP contribution in [-0.2, 0) is 10.3 Å². The van der Waals surface area contributed by atoms with Crippen LogP contribution < -0.4 is 34.2 Å². The van der Waals surface area contributed by atoms with E-state index in [4.69, 9.17) is 17.3 Å². The Bertz CT molecular complexity index is 1070. The van der Waals surface area contributed by atoms with Crippen LogP contribution in [0.25, 0.3) is 0 Å². The topological polar surface area (TPSA) is 54.0 Å². The second kappa shape index (κ2) is 6.95. The molecule has 6 heteroatoms. The summed E-state index contributed by atoms with van der Waals surface area (Å²) in [5, 5.41) is 0. The summed E-state index contributed by atoms with van der Waals surface area (Å²) in [4.78, 5) is 14.8. The van der Waals surface area contributed by atoms with Crippen molar-refractivity contribution in [3.8, 4) is 23.0 Å². The van der Waals surface area contributed by atoms with Crippen LogP contribution in [0.4, 0.5) is 0 Å². The van der Waals surface area contributed by atoms with Crippen LogP contribution >= 0.6 is 0 Å². The summed E-state index contributed by atoms with van der Waals surface area (Å²) in [6.07, 6.45) is 0. The van der Waals surface area contributed by atoms with Crippen molar-refractivity contribution in [2.24, 2.45) is 0 Å². The molecule has 148 valence electrons. The summed E-state index contributed by atoms with van der Waals surface area (Å²) >= 11 is -0.380. The number of halogens is 1. The predicted molar refractivity (Wildman–Crippen MR) is 102 cm³/mol. The second-order valence-corrected chi connectivity index (χ2v) is 8.02. The van der Waals surface area contributed by atoms with Crippen LogP contribution in [-0.4, -0.2) is 17.5 Å². The monoisotopic (exact) mass is 501 g/mol. The molecule has 0 aromatic heterocycles. The molecule has 0 amide bonds. The zero-order valence-corrected chi connectivity index (χ0v) is 18.1. The summed E-state index contributed by atoms with van der Waals surface area (Å²) < 4.78 is 23.8. The first-order valence-electron chi connectivity index (χ1n) is 9.26. The molecule has 1 atom stereocenters. The fourth-order valence-corrected chi connectivity index (χ4v) is 4.81. The van der Waals surface area contributed by atoms with Crippen LogP contribution in [0.2, 0.25) is 0 Å². The number of alkyl halides is 1. The Morgan fingerprint density at radius 3 is 2.34 bits per heavy atom. The molecule has 2 aliphatic rings. The van der Waals surface area contributed by atoms with E-state index in [9.17, 15) is 4.79 Å². The zero-order valence-electron chi connectivity index (χ0n) is 15.9. The van der Waals surface area contributed by atoms with Crippen molar-refractivity contribution in [2.75, 3.05) is 11.5 Å². The van der Waals surface area contributed by atoms with Crippen molar-refractivity contribution in [2.45, 2.75) is 12.5 Å². The van der Waals surface area contributed by atoms with Gasteiger partial charge in [0.1, 0.15) is 0 Å². The molecule has 5 nitrogen and oxygen atoms in total. The van der Waals surface area contributed by atoms with Crippen LogP contribution in [0, 0.1) is 0 Å². The van der Waals surface area contributed by atoms with E-state index >= 15 is 0 Å². The van der Waals surface area contributed by atoms with E-state index in [-0.39, 0.29) is 27.6 Å². The molecule has 3 aromatic carbocycles. The van der Waals surface area contributed by atoms with Crippen LogP contribution in [0.3, 0.4) is 0 Å². The molecule has 5 rings (SSSR count). The van der Waals surface area contributed by atoms with Gasteiger partial charge in [-0.15, -0.1) is 0 Å². The number of hydrogen-bond donors (Lipinski definition) is 0. The van der Waals surface area contributed by atoms with Gasteiger partial charge in [-0.25, -0.2) is 0 Å². The molecule has 1 unspecified atom stereocenters. The first kappa shape index (κ1) is 18.3. The minimum atomic E-state index is -1.05. The third kappa shape index (κ3) is 2.69. The van der Waals surface area contributed by atoms with Gasteiger partial charge in [0, 0.05) is 0 Å². The summed E-state index contributed by atoms with van der Waals surface area (Å²) in [6.45, 7) is 2.49. The normalized spacial score (nSPS) is 18.5. The van der Waals surface area contributed by atoms with Crippen LogP contribution in [0.5, 0.6) is 23.0 Å². The van der Waals surface area contributed by atoms with Crippen molar-refractivity contribution < 1.29 is 43.7 Å². The summed E-state index contributed by atoms with van der Waals surface area (Å²) in [6, 6.07) is 18.9. The van der Waals surface area contributed by atoms with Gasteiger partial charge in [-0.2, -0.15) is 0 Å². The van der Waals surface area contributed by atoms with Gasteiger partial charge in [0.2, 0.25) is 0 Å². The molecule has 2 heterocycles. The molecule has 0 fully saturated rings. The SMILES string of the molecule is CCOc1ccc2c(c1)Oc1cc(O[I-]C)ccc1C21OC(=O)c2ccccc21. The van der Waals surface area contributed by atoms with Crippen LogP contribution in [0.1, 0.15) is 34.0 Å². The first-order valence-corrected chi connectivity index (χ1v) is 12.3. The van der Waals surface area contributed by atoms with Crippen molar-refractivity contribution in [3.05, 3.63) is 82.9 Å². The van der Waals surface area contributed by atoms with Gasteiger partial charge >= 0.3 is 180 Å². The third-order valence-electron chi connectivity index (χ3n) is 5.13. The third-order valence-corrected chi connectivity index (χ3v) is 6.08. The van der Waals surface area contributed by atoms with Crippen molar-refractivity contribution >= 4 is 5.97 Å². The Labute approximate surface area is 179 Å². The molecule has 1 spiro atoms. The Balaban J connectivity index is 1.79. The Kier molecular flexibility index (Phi) is 4.38. The van der Waals surface area contributed by atoms with Crippen molar-refractivity contribution in [3.63, 3.8) is 0 Å². The quantitative estimate of drug-likeness (QED) is 0.310. The molecule has 29 heavy (non-hydrogen) atoms. The maximum atomic E-state index is 12.8. The molecule has 0 aliphatic carbocycles. The van der Waals surface area contributed by atoms with E-state index in [0.717, 1.165) is 22.4 Å². The van der Waals surface area contributed by atoms with E-state index < -0.39 is 5.60 Å². The van der Waals surface area contributed by atoms with E-state index in [1.165, 1.54) is 0 Å². The van der Waals surface area contributed by atoms with Gasteiger partial charge in [-0.3, -0.25) is 0 Å². The van der Waals surface area contributed by atoms with Gasteiger partial charge < -0.3 is 0 Å². The second-order valence-electron chi connectivity index (χ2n) is 6.70. The molecule has 0 bridgehead atoms. The number of benzene rings is 3. The van der Waals surface area contributed by atoms with E-state index in [0.29, 0.717) is 29.4 Å². The van der Waals surface area contributed by atoms with Gasteiger partial charge in [0.15, 0.2) is 0 Å². The van der Waals surface area contributed by atoms with E-state index in [1.807, 2.05) is 66.5 Å². The predicted octanol–water partition coefficient (Wildman–Crippen LogP) is 1.67. The molecule has 0 N–H and O–H groups in total. The molecular weight excluding hydrogens is 483 g/mol. The fraction of sp³-hybridized carbons (Fsp3) is 0.174. The fourth-order valence-electron chi connectivity index (χ4n) is 4.03. The maximum absolute atomic E-state index is 12.8. The molecule has 0 saturated heterocycles. The van der Waals surface area contributed by atoms with Gasteiger partial charge in [0.05, 0.1) is 0 Å². The number of carbonyl (C=O) groups excluding carboxylic acids is 1. The molecule has 0 radical (unpaired) electrons.